The van der Waals surface area contributed by atoms with Crippen LogP contribution in [-0.4, -0.2) is 6.54 Å². The van der Waals surface area contributed by atoms with Crippen molar-refractivity contribution in [3.63, 3.8) is 0 Å². The van der Waals surface area contributed by atoms with Gasteiger partial charge < -0.3 is 9.73 Å². The summed E-state index contributed by atoms with van der Waals surface area (Å²) in [5, 5.41) is 4.13. The molecule has 2 nitrogen and oxygen atoms in total. The van der Waals surface area contributed by atoms with Gasteiger partial charge in [0.25, 0.3) is 0 Å². The quantitative estimate of drug-likeness (QED) is 0.504. The summed E-state index contributed by atoms with van der Waals surface area (Å²) in [4.78, 5) is 0. The Morgan fingerprint density at radius 3 is 2.68 bits per heavy atom. The molecule has 1 N–H and O–H groups in total. The van der Waals surface area contributed by atoms with Crippen LogP contribution in [0.2, 0.25) is 5.02 Å². The second-order valence-corrected chi connectivity index (χ2v) is 6.80. The lowest BCUT2D eigenvalue weighted by Crippen LogP contribution is -2.14. The average molecular weight is 385 g/mol. The lowest BCUT2D eigenvalue weighted by atomic mass is 10.1. The van der Waals surface area contributed by atoms with Crippen LogP contribution < -0.4 is 5.32 Å². The van der Waals surface area contributed by atoms with Gasteiger partial charge in [0.05, 0.1) is 11.6 Å². The molecule has 120 valence electrons. The lowest BCUT2D eigenvalue weighted by molar-refractivity contribution is 0.486. The number of furan rings is 1. The smallest absolute Gasteiger partial charge is 0.135 e. The lowest BCUT2D eigenvalue weighted by Gasteiger charge is -2.03. The van der Waals surface area contributed by atoms with E-state index in [2.05, 4.69) is 28.2 Å². The van der Waals surface area contributed by atoms with Gasteiger partial charge in [0, 0.05) is 10.0 Å². The highest BCUT2D eigenvalue weighted by Crippen LogP contribution is 2.31. The van der Waals surface area contributed by atoms with Crippen LogP contribution in [0.25, 0.3) is 11.3 Å². The topological polar surface area (TPSA) is 25.2 Å². The molecule has 4 heteroatoms. The second-order valence-electron chi connectivity index (χ2n) is 5.48. The zero-order valence-corrected chi connectivity index (χ0v) is 15.3. The minimum atomic E-state index is 0.694. The van der Waals surface area contributed by atoms with Crippen molar-refractivity contribution >= 4 is 27.5 Å². The minimum Gasteiger partial charge on any atom is -0.460 e. The fraction of sp³-hybridized carbons (Fsp3) is 0.444. The maximum atomic E-state index is 6.25. The molecule has 0 saturated heterocycles. The van der Waals surface area contributed by atoms with E-state index in [-0.39, 0.29) is 0 Å². The molecule has 2 aromatic rings. The first-order valence-electron chi connectivity index (χ1n) is 7.95. The molecule has 0 radical (unpaired) electrons. The second kappa shape index (κ2) is 9.39. The molecular formula is C18H23BrClNO. The number of unbranched alkanes of at least 4 members (excludes halogenated alkanes) is 4. The summed E-state index contributed by atoms with van der Waals surface area (Å²) in [6, 6.07) is 9.81. The summed E-state index contributed by atoms with van der Waals surface area (Å²) in [7, 11) is 0. The maximum absolute atomic E-state index is 6.25. The van der Waals surface area contributed by atoms with Gasteiger partial charge in [-0.2, -0.15) is 0 Å². The van der Waals surface area contributed by atoms with E-state index in [0.29, 0.717) is 5.02 Å². The predicted octanol–water partition coefficient (Wildman–Crippen LogP) is 6.42. The van der Waals surface area contributed by atoms with Crippen molar-refractivity contribution < 1.29 is 4.42 Å². The van der Waals surface area contributed by atoms with Gasteiger partial charge in [-0.05, 0) is 43.3 Å². The van der Waals surface area contributed by atoms with Gasteiger partial charge in [-0.25, -0.2) is 0 Å². The third kappa shape index (κ3) is 5.45. The zero-order chi connectivity index (χ0) is 15.8. The van der Waals surface area contributed by atoms with E-state index in [1.165, 1.54) is 32.1 Å². The molecule has 0 aliphatic carbocycles. The molecule has 22 heavy (non-hydrogen) atoms. The number of nitrogens with one attached hydrogen (secondary N) is 1. The summed E-state index contributed by atoms with van der Waals surface area (Å²) in [5.74, 6) is 1.76. The average Bonchev–Trinajstić information content (AvgIpc) is 2.95. The van der Waals surface area contributed by atoms with E-state index in [0.717, 1.165) is 34.6 Å². The Hall–Kier alpha value is -0.770. The molecule has 1 aromatic heterocycles. The molecular weight excluding hydrogens is 362 g/mol. The molecule has 0 atom stereocenters. The fourth-order valence-corrected chi connectivity index (χ4v) is 3.14. The molecule has 1 aromatic carbocycles. The molecule has 0 bridgehead atoms. The highest BCUT2D eigenvalue weighted by molar-refractivity contribution is 9.10. The number of hydrogen-bond donors (Lipinski definition) is 1. The van der Waals surface area contributed by atoms with Crippen molar-refractivity contribution in [3.8, 4) is 11.3 Å². The van der Waals surface area contributed by atoms with Crippen LogP contribution in [-0.2, 0) is 6.54 Å². The van der Waals surface area contributed by atoms with Gasteiger partial charge in [0.1, 0.15) is 11.5 Å². The summed E-state index contributed by atoms with van der Waals surface area (Å²) in [5.41, 5.74) is 0.927. The van der Waals surface area contributed by atoms with Gasteiger partial charge >= 0.3 is 0 Å². The largest absolute Gasteiger partial charge is 0.460 e. The zero-order valence-electron chi connectivity index (χ0n) is 13.0. The van der Waals surface area contributed by atoms with Gasteiger partial charge in [0.2, 0.25) is 0 Å². The highest BCUT2D eigenvalue weighted by atomic mass is 79.9. The predicted molar refractivity (Wildman–Crippen MR) is 97.3 cm³/mol. The van der Waals surface area contributed by atoms with E-state index in [1.54, 1.807) is 0 Å². The van der Waals surface area contributed by atoms with E-state index in [9.17, 15) is 0 Å². The van der Waals surface area contributed by atoms with Crippen molar-refractivity contribution in [3.05, 3.63) is 45.6 Å². The molecule has 0 spiro atoms. The van der Waals surface area contributed by atoms with E-state index >= 15 is 0 Å². The van der Waals surface area contributed by atoms with Gasteiger partial charge in [-0.15, -0.1) is 0 Å². The van der Waals surface area contributed by atoms with Crippen LogP contribution in [0.3, 0.4) is 0 Å². The maximum Gasteiger partial charge on any atom is 0.135 e. The van der Waals surface area contributed by atoms with Crippen LogP contribution >= 0.6 is 27.5 Å². The SMILES string of the molecule is CCCCCCCNCc1ccc(-c2ccc(Br)cc2Cl)o1. The molecule has 0 unspecified atom stereocenters. The summed E-state index contributed by atoms with van der Waals surface area (Å²) >= 11 is 9.67. The Labute approximate surface area is 146 Å². The minimum absolute atomic E-state index is 0.694. The normalized spacial score (nSPS) is 11.0. The van der Waals surface area contributed by atoms with Gasteiger partial charge in [-0.1, -0.05) is 60.1 Å². The van der Waals surface area contributed by atoms with Crippen molar-refractivity contribution in [1.29, 1.82) is 0 Å². The Morgan fingerprint density at radius 1 is 1.09 bits per heavy atom. The first-order valence-corrected chi connectivity index (χ1v) is 9.12. The third-order valence-electron chi connectivity index (χ3n) is 3.61. The van der Waals surface area contributed by atoms with E-state index in [4.69, 9.17) is 16.0 Å². The summed E-state index contributed by atoms with van der Waals surface area (Å²) < 4.78 is 6.84. The molecule has 0 amide bonds. The fourth-order valence-electron chi connectivity index (χ4n) is 2.37. The number of rotatable bonds is 9. The number of halogens is 2. The molecule has 0 aliphatic heterocycles. The van der Waals surface area contributed by atoms with Crippen molar-refractivity contribution in [2.45, 2.75) is 45.6 Å². The van der Waals surface area contributed by atoms with Crippen LogP contribution in [0.4, 0.5) is 0 Å². The Morgan fingerprint density at radius 2 is 1.91 bits per heavy atom. The molecule has 2 rings (SSSR count). The molecule has 0 fully saturated rings. The van der Waals surface area contributed by atoms with Crippen molar-refractivity contribution in [1.82, 2.24) is 5.32 Å². The number of hydrogen-bond acceptors (Lipinski definition) is 2. The molecule has 0 saturated carbocycles. The van der Waals surface area contributed by atoms with Crippen LogP contribution in [0.5, 0.6) is 0 Å². The summed E-state index contributed by atoms with van der Waals surface area (Å²) in [6.07, 6.45) is 6.51. The van der Waals surface area contributed by atoms with Crippen molar-refractivity contribution in [2.24, 2.45) is 0 Å². The van der Waals surface area contributed by atoms with Crippen LogP contribution in [0.15, 0.2) is 39.2 Å². The van der Waals surface area contributed by atoms with Crippen LogP contribution in [0.1, 0.15) is 44.8 Å². The highest BCUT2D eigenvalue weighted by Gasteiger charge is 2.08. The third-order valence-corrected chi connectivity index (χ3v) is 4.42. The Bertz CT molecular complexity index is 582. The van der Waals surface area contributed by atoms with Gasteiger partial charge in [-0.3, -0.25) is 0 Å². The first-order chi connectivity index (χ1) is 10.7. The Kier molecular flexibility index (Phi) is 7.50. The van der Waals surface area contributed by atoms with E-state index in [1.807, 2.05) is 30.3 Å². The Balaban J connectivity index is 1.79. The van der Waals surface area contributed by atoms with E-state index < -0.39 is 0 Å². The van der Waals surface area contributed by atoms with Gasteiger partial charge in [0.15, 0.2) is 0 Å². The molecule has 1 heterocycles. The first kappa shape index (κ1) is 17.6. The monoisotopic (exact) mass is 383 g/mol. The number of benzene rings is 1. The standard InChI is InChI=1S/C18H23BrClNO/c1-2-3-4-5-6-11-21-13-15-8-10-18(22-15)16-9-7-14(19)12-17(16)20/h7-10,12,21H,2-6,11,13H2,1H3. The molecule has 0 aliphatic rings. The summed E-state index contributed by atoms with van der Waals surface area (Å²) in [6.45, 7) is 4.05. The van der Waals surface area contributed by atoms with Crippen molar-refractivity contribution in [2.75, 3.05) is 6.54 Å². The van der Waals surface area contributed by atoms with Crippen LogP contribution in [0, 0.1) is 0 Å².